The molecule has 1 nitrogen and oxygen atoms in total. The Morgan fingerprint density at radius 1 is 1.06 bits per heavy atom. The third-order valence-corrected chi connectivity index (χ3v) is 2.12. The lowest BCUT2D eigenvalue weighted by atomic mass is 10.1. The summed E-state index contributed by atoms with van der Waals surface area (Å²) in [6, 6.07) is 10.7. The molecule has 0 aliphatic rings. The van der Waals surface area contributed by atoms with Gasteiger partial charge in [0.25, 0.3) is 0 Å². The van der Waals surface area contributed by atoms with E-state index < -0.39 is 0 Å². The lowest BCUT2D eigenvalue weighted by Crippen LogP contribution is -1.86. The lowest BCUT2D eigenvalue weighted by Gasteiger charge is -2.02. The van der Waals surface area contributed by atoms with Crippen LogP contribution in [0.2, 0.25) is 0 Å². The van der Waals surface area contributed by atoms with Crippen LogP contribution in [0.5, 0.6) is 0 Å². The molecule has 0 atom stereocenters. The Hall–Kier alpha value is -1.70. The van der Waals surface area contributed by atoms with Crippen molar-refractivity contribution in [3.05, 3.63) is 54.0 Å². The number of aromatic nitrogens is 1. The summed E-state index contributed by atoms with van der Waals surface area (Å²) >= 11 is 0. The summed E-state index contributed by atoms with van der Waals surface area (Å²) in [5.41, 5.74) is 2.47. The molecule has 0 amide bonds. The van der Waals surface area contributed by atoms with Gasteiger partial charge in [0.15, 0.2) is 0 Å². The van der Waals surface area contributed by atoms with Crippen molar-refractivity contribution in [1.82, 2.24) is 4.98 Å². The highest BCUT2D eigenvalue weighted by Gasteiger charge is 2.01. The van der Waals surface area contributed by atoms with Crippen molar-refractivity contribution in [2.75, 3.05) is 0 Å². The van der Waals surface area contributed by atoms with Gasteiger partial charge in [0.1, 0.15) is 5.82 Å². The molecule has 0 saturated carbocycles. The Morgan fingerprint density at radius 2 is 1.81 bits per heavy atom. The van der Waals surface area contributed by atoms with Gasteiger partial charge in [0, 0.05) is 11.8 Å². The second-order valence-corrected chi connectivity index (χ2v) is 3.18. The van der Waals surface area contributed by atoms with Crippen LogP contribution in [0.25, 0.3) is 11.3 Å². The molecular formula is C14H16FN. The van der Waals surface area contributed by atoms with Gasteiger partial charge in [-0.2, -0.15) is 0 Å². The predicted molar refractivity (Wildman–Crippen MR) is 65.7 cm³/mol. The summed E-state index contributed by atoms with van der Waals surface area (Å²) in [6.45, 7) is 5.75. The van der Waals surface area contributed by atoms with E-state index in [4.69, 9.17) is 0 Å². The van der Waals surface area contributed by atoms with Crippen LogP contribution in [0.3, 0.4) is 0 Å². The van der Waals surface area contributed by atoms with Crippen molar-refractivity contribution in [3.63, 3.8) is 0 Å². The molecule has 2 heteroatoms. The third kappa shape index (κ3) is 2.89. The summed E-state index contributed by atoms with van der Waals surface area (Å²) < 4.78 is 13.0. The molecule has 0 aliphatic heterocycles. The van der Waals surface area contributed by atoms with Gasteiger partial charge in [-0.25, -0.2) is 4.39 Å². The van der Waals surface area contributed by atoms with Crippen molar-refractivity contribution in [3.8, 4) is 11.3 Å². The van der Waals surface area contributed by atoms with Gasteiger partial charge in [-0.3, -0.25) is 4.98 Å². The third-order valence-electron chi connectivity index (χ3n) is 2.12. The van der Waals surface area contributed by atoms with E-state index >= 15 is 0 Å². The monoisotopic (exact) mass is 217 g/mol. The zero-order valence-corrected chi connectivity index (χ0v) is 9.87. The fraction of sp³-hybridized carbons (Fsp3) is 0.214. The van der Waals surface area contributed by atoms with Gasteiger partial charge in [-0.05, 0) is 42.8 Å². The minimum atomic E-state index is -0.176. The number of nitrogens with zero attached hydrogens (tertiary/aromatic N) is 1. The zero-order chi connectivity index (χ0) is 12.0. The smallest absolute Gasteiger partial charge is 0.126 e. The van der Waals surface area contributed by atoms with Crippen LogP contribution >= 0.6 is 0 Å². The Balaban J connectivity index is 0.000000606. The van der Waals surface area contributed by atoms with E-state index in [1.165, 1.54) is 6.07 Å². The van der Waals surface area contributed by atoms with E-state index in [0.29, 0.717) is 5.56 Å². The maximum absolute atomic E-state index is 13.0. The highest BCUT2D eigenvalue weighted by molar-refractivity contribution is 5.59. The summed E-state index contributed by atoms with van der Waals surface area (Å²) in [5, 5.41) is 0. The molecule has 2 aromatic rings. The predicted octanol–water partition coefficient (Wildman–Crippen LogP) is 4.22. The second-order valence-electron chi connectivity index (χ2n) is 3.18. The van der Waals surface area contributed by atoms with E-state index in [1.54, 1.807) is 25.3 Å². The largest absolute Gasteiger partial charge is 0.256 e. The fourth-order valence-corrected chi connectivity index (χ4v) is 1.34. The first-order valence-electron chi connectivity index (χ1n) is 5.45. The molecule has 1 aromatic carbocycles. The Labute approximate surface area is 96.0 Å². The maximum atomic E-state index is 13.0. The van der Waals surface area contributed by atoms with Crippen molar-refractivity contribution >= 4 is 0 Å². The van der Waals surface area contributed by atoms with Crippen molar-refractivity contribution in [2.45, 2.75) is 20.8 Å². The molecule has 0 bridgehead atoms. The van der Waals surface area contributed by atoms with Crippen LogP contribution in [0, 0.1) is 12.7 Å². The standard InChI is InChI=1S/C12H10FN.C2H6/c1-9-8-10(5-6-11(9)13)12-4-2-3-7-14-12;1-2/h2-8H,1H3;1-2H3. The van der Waals surface area contributed by atoms with Gasteiger partial charge < -0.3 is 0 Å². The topological polar surface area (TPSA) is 12.9 Å². The minimum absolute atomic E-state index is 0.176. The average Bonchev–Trinajstić information content (AvgIpc) is 2.36. The number of hydrogen-bond acceptors (Lipinski definition) is 1. The Bertz CT molecular complexity index is 438. The van der Waals surface area contributed by atoms with E-state index in [2.05, 4.69) is 4.98 Å². The van der Waals surface area contributed by atoms with Crippen LogP contribution in [0.4, 0.5) is 4.39 Å². The minimum Gasteiger partial charge on any atom is -0.256 e. The molecule has 2 rings (SSSR count). The molecule has 0 saturated heterocycles. The first-order valence-corrected chi connectivity index (χ1v) is 5.45. The molecule has 0 radical (unpaired) electrons. The SMILES string of the molecule is CC.Cc1cc(-c2ccccn2)ccc1F. The first kappa shape index (κ1) is 12.4. The van der Waals surface area contributed by atoms with Crippen LogP contribution in [0.15, 0.2) is 42.6 Å². The van der Waals surface area contributed by atoms with Gasteiger partial charge in [0.05, 0.1) is 5.69 Å². The molecule has 16 heavy (non-hydrogen) atoms. The van der Waals surface area contributed by atoms with E-state index in [0.717, 1.165) is 11.3 Å². The maximum Gasteiger partial charge on any atom is 0.126 e. The van der Waals surface area contributed by atoms with Crippen LogP contribution < -0.4 is 0 Å². The summed E-state index contributed by atoms with van der Waals surface area (Å²) in [7, 11) is 0. The normalized spacial score (nSPS) is 9.25. The van der Waals surface area contributed by atoms with E-state index in [-0.39, 0.29) is 5.82 Å². The summed E-state index contributed by atoms with van der Waals surface area (Å²) in [5.74, 6) is -0.176. The summed E-state index contributed by atoms with van der Waals surface area (Å²) in [4.78, 5) is 4.20. The lowest BCUT2D eigenvalue weighted by molar-refractivity contribution is 0.619. The fourth-order valence-electron chi connectivity index (χ4n) is 1.34. The Kier molecular flexibility index (Phi) is 4.65. The van der Waals surface area contributed by atoms with Gasteiger partial charge in [-0.1, -0.05) is 19.9 Å². The molecular weight excluding hydrogens is 201 g/mol. The zero-order valence-electron chi connectivity index (χ0n) is 9.87. The molecule has 84 valence electrons. The summed E-state index contributed by atoms with van der Waals surface area (Å²) in [6.07, 6.45) is 1.73. The molecule has 0 N–H and O–H groups in total. The van der Waals surface area contributed by atoms with Gasteiger partial charge in [0.2, 0.25) is 0 Å². The van der Waals surface area contributed by atoms with Crippen LogP contribution in [0.1, 0.15) is 19.4 Å². The number of halogens is 1. The number of pyridine rings is 1. The molecule has 0 spiro atoms. The molecule has 1 heterocycles. The average molecular weight is 217 g/mol. The molecule has 0 aliphatic carbocycles. The van der Waals surface area contributed by atoms with Crippen molar-refractivity contribution < 1.29 is 4.39 Å². The molecule has 0 fully saturated rings. The van der Waals surface area contributed by atoms with Crippen molar-refractivity contribution in [1.29, 1.82) is 0 Å². The number of aryl methyl sites for hydroxylation is 1. The number of rotatable bonds is 1. The molecule has 0 unspecified atom stereocenters. The van der Waals surface area contributed by atoms with Crippen molar-refractivity contribution in [2.24, 2.45) is 0 Å². The quantitative estimate of drug-likeness (QED) is 0.696. The molecule has 1 aromatic heterocycles. The number of hydrogen-bond donors (Lipinski definition) is 0. The van der Waals surface area contributed by atoms with Crippen LogP contribution in [-0.2, 0) is 0 Å². The highest BCUT2D eigenvalue weighted by atomic mass is 19.1. The first-order chi connectivity index (χ1) is 7.77. The second kappa shape index (κ2) is 6.01. The highest BCUT2D eigenvalue weighted by Crippen LogP contribution is 2.18. The van der Waals surface area contributed by atoms with Gasteiger partial charge in [-0.15, -0.1) is 0 Å². The number of benzene rings is 1. The van der Waals surface area contributed by atoms with Gasteiger partial charge >= 0.3 is 0 Å². The van der Waals surface area contributed by atoms with Crippen LogP contribution in [-0.4, -0.2) is 4.98 Å². The van der Waals surface area contributed by atoms with E-state index in [1.807, 2.05) is 32.0 Å². The van der Waals surface area contributed by atoms with E-state index in [9.17, 15) is 4.39 Å². The Morgan fingerprint density at radius 3 is 2.38 bits per heavy atom.